The van der Waals surface area contributed by atoms with Gasteiger partial charge in [-0.05, 0) is 26.0 Å². The average Bonchev–Trinajstić information content (AvgIpc) is 2.76. The molecule has 0 atom stereocenters. The Balaban J connectivity index is 1.80. The molecule has 0 fully saturated rings. The quantitative estimate of drug-likeness (QED) is 0.864. The fourth-order valence-electron chi connectivity index (χ4n) is 1.39. The molecule has 4 heteroatoms. The van der Waals surface area contributed by atoms with Gasteiger partial charge < -0.3 is 9.84 Å². The minimum absolute atomic E-state index is 0.734. The zero-order valence-electron chi connectivity index (χ0n) is 8.91. The summed E-state index contributed by atoms with van der Waals surface area (Å²) in [5.74, 6) is 0.890. The molecule has 0 saturated carbocycles. The molecule has 0 aliphatic rings. The lowest BCUT2D eigenvalue weighted by Crippen LogP contribution is -2.10. The van der Waals surface area contributed by atoms with Crippen LogP contribution in [0.1, 0.15) is 21.2 Å². The second kappa shape index (κ2) is 4.59. The first-order chi connectivity index (χ1) is 7.24. The zero-order chi connectivity index (χ0) is 10.7. The van der Waals surface area contributed by atoms with Gasteiger partial charge in [0.2, 0.25) is 0 Å². The Bertz CT molecular complexity index is 393. The van der Waals surface area contributed by atoms with Crippen molar-refractivity contribution in [2.45, 2.75) is 26.9 Å². The Morgan fingerprint density at radius 1 is 1.33 bits per heavy atom. The van der Waals surface area contributed by atoms with E-state index in [1.54, 1.807) is 0 Å². The van der Waals surface area contributed by atoms with Crippen molar-refractivity contribution in [3.8, 4) is 0 Å². The van der Waals surface area contributed by atoms with Crippen molar-refractivity contribution in [1.29, 1.82) is 0 Å². The van der Waals surface area contributed by atoms with Crippen LogP contribution in [0.25, 0.3) is 0 Å². The van der Waals surface area contributed by atoms with Crippen molar-refractivity contribution in [1.82, 2.24) is 10.5 Å². The standard InChI is InChI=1S/C11H14N2OS/c1-8-5-10(14-13-8)6-12-7-11-4-3-9(2)15-11/h3-5,12H,6-7H2,1-2H3. The fraction of sp³-hybridized carbons (Fsp3) is 0.364. The second-order valence-corrected chi connectivity index (χ2v) is 4.92. The molecule has 0 spiro atoms. The van der Waals surface area contributed by atoms with Crippen LogP contribution in [-0.4, -0.2) is 5.16 Å². The average molecular weight is 222 g/mol. The smallest absolute Gasteiger partial charge is 0.150 e. The van der Waals surface area contributed by atoms with Crippen LogP contribution in [0.5, 0.6) is 0 Å². The summed E-state index contributed by atoms with van der Waals surface area (Å²) in [6.45, 7) is 5.67. The van der Waals surface area contributed by atoms with Crippen molar-refractivity contribution in [2.75, 3.05) is 0 Å². The number of hydrogen-bond acceptors (Lipinski definition) is 4. The highest BCUT2D eigenvalue weighted by Gasteiger charge is 2.00. The third-order valence-electron chi connectivity index (χ3n) is 2.07. The summed E-state index contributed by atoms with van der Waals surface area (Å²) in [5.41, 5.74) is 0.929. The van der Waals surface area contributed by atoms with E-state index in [0.29, 0.717) is 0 Å². The van der Waals surface area contributed by atoms with Gasteiger partial charge in [0.1, 0.15) is 0 Å². The van der Waals surface area contributed by atoms with Crippen LogP contribution in [0.15, 0.2) is 22.7 Å². The number of thiophene rings is 1. The zero-order valence-corrected chi connectivity index (χ0v) is 9.73. The third kappa shape index (κ3) is 2.91. The molecule has 15 heavy (non-hydrogen) atoms. The van der Waals surface area contributed by atoms with Gasteiger partial charge in [-0.15, -0.1) is 11.3 Å². The molecule has 2 rings (SSSR count). The fourth-order valence-corrected chi connectivity index (χ4v) is 2.25. The van der Waals surface area contributed by atoms with Gasteiger partial charge in [0.25, 0.3) is 0 Å². The van der Waals surface area contributed by atoms with Crippen LogP contribution in [0, 0.1) is 13.8 Å². The van der Waals surface area contributed by atoms with E-state index in [0.717, 1.165) is 24.5 Å². The van der Waals surface area contributed by atoms with Crippen molar-refractivity contribution in [3.05, 3.63) is 39.4 Å². The molecule has 0 saturated heterocycles. The first-order valence-corrected chi connectivity index (χ1v) is 5.74. The molecule has 0 aliphatic heterocycles. The lowest BCUT2D eigenvalue weighted by molar-refractivity contribution is 0.369. The van der Waals surface area contributed by atoms with E-state index in [4.69, 9.17) is 4.52 Å². The van der Waals surface area contributed by atoms with Gasteiger partial charge in [0, 0.05) is 22.4 Å². The van der Waals surface area contributed by atoms with Crippen LogP contribution < -0.4 is 5.32 Å². The van der Waals surface area contributed by atoms with Gasteiger partial charge in [-0.2, -0.15) is 0 Å². The van der Waals surface area contributed by atoms with Crippen molar-refractivity contribution < 1.29 is 4.52 Å². The first kappa shape index (κ1) is 10.4. The first-order valence-electron chi connectivity index (χ1n) is 4.92. The summed E-state index contributed by atoms with van der Waals surface area (Å²) >= 11 is 1.82. The molecule has 0 bridgehead atoms. The highest BCUT2D eigenvalue weighted by Crippen LogP contribution is 2.14. The third-order valence-corrected chi connectivity index (χ3v) is 3.07. The molecule has 80 valence electrons. The molecule has 2 aromatic heterocycles. The number of aryl methyl sites for hydroxylation is 2. The van der Waals surface area contributed by atoms with E-state index in [2.05, 4.69) is 29.5 Å². The Labute approximate surface area is 93.1 Å². The molecule has 0 aliphatic carbocycles. The second-order valence-electron chi connectivity index (χ2n) is 3.55. The molecule has 0 aromatic carbocycles. The summed E-state index contributed by atoms with van der Waals surface area (Å²) in [6.07, 6.45) is 0. The van der Waals surface area contributed by atoms with E-state index in [-0.39, 0.29) is 0 Å². The lowest BCUT2D eigenvalue weighted by atomic mass is 10.4. The van der Waals surface area contributed by atoms with Crippen LogP contribution in [0.4, 0.5) is 0 Å². The maximum absolute atomic E-state index is 5.10. The Kier molecular flexibility index (Phi) is 3.18. The molecular formula is C11H14N2OS. The minimum Gasteiger partial charge on any atom is -0.360 e. The number of hydrogen-bond donors (Lipinski definition) is 1. The Hall–Kier alpha value is -1.13. The number of aromatic nitrogens is 1. The van der Waals surface area contributed by atoms with E-state index < -0.39 is 0 Å². The number of nitrogens with zero attached hydrogens (tertiary/aromatic N) is 1. The van der Waals surface area contributed by atoms with Gasteiger partial charge >= 0.3 is 0 Å². The maximum atomic E-state index is 5.10. The molecular weight excluding hydrogens is 208 g/mol. The van der Waals surface area contributed by atoms with E-state index in [1.807, 2.05) is 24.3 Å². The Morgan fingerprint density at radius 2 is 2.20 bits per heavy atom. The van der Waals surface area contributed by atoms with Crippen molar-refractivity contribution in [3.63, 3.8) is 0 Å². The highest BCUT2D eigenvalue weighted by atomic mass is 32.1. The molecule has 3 nitrogen and oxygen atoms in total. The minimum atomic E-state index is 0.734. The molecule has 0 unspecified atom stereocenters. The van der Waals surface area contributed by atoms with Crippen molar-refractivity contribution >= 4 is 11.3 Å². The molecule has 1 N–H and O–H groups in total. The molecule has 0 amide bonds. The van der Waals surface area contributed by atoms with Crippen LogP contribution in [0.3, 0.4) is 0 Å². The predicted octanol–water partition coefficient (Wildman–Crippen LogP) is 2.64. The van der Waals surface area contributed by atoms with Gasteiger partial charge in [0.05, 0.1) is 12.2 Å². The summed E-state index contributed by atoms with van der Waals surface area (Å²) in [5, 5.41) is 7.16. The van der Waals surface area contributed by atoms with E-state index >= 15 is 0 Å². The molecule has 2 heterocycles. The summed E-state index contributed by atoms with van der Waals surface area (Å²) in [6, 6.07) is 6.24. The number of rotatable bonds is 4. The van der Waals surface area contributed by atoms with Gasteiger partial charge in [-0.25, -0.2) is 0 Å². The van der Waals surface area contributed by atoms with Crippen LogP contribution in [0.2, 0.25) is 0 Å². The summed E-state index contributed by atoms with van der Waals surface area (Å²) < 4.78 is 5.10. The van der Waals surface area contributed by atoms with Crippen molar-refractivity contribution in [2.24, 2.45) is 0 Å². The summed E-state index contributed by atoms with van der Waals surface area (Å²) in [7, 11) is 0. The maximum Gasteiger partial charge on any atom is 0.150 e. The summed E-state index contributed by atoms with van der Waals surface area (Å²) in [4.78, 5) is 2.70. The number of nitrogens with one attached hydrogen (secondary N) is 1. The van der Waals surface area contributed by atoms with Gasteiger partial charge in [-0.3, -0.25) is 0 Å². The lowest BCUT2D eigenvalue weighted by Gasteiger charge is -1.98. The Morgan fingerprint density at radius 3 is 2.80 bits per heavy atom. The topological polar surface area (TPSA) is 38.1 Å². The molecule has 2 aromatic rings. The van der Waals surface area contributed by atoms with E-state index in [1.165, 1.54) is 9.75 Å². The van der Waals surface area contributed by atoms with Gasteiger partial charge in [0.15, 0.2) is 5.76 Å². The molecule has 0 radical (unpaired) electrons. The predicted molar refractivity (Wildman–Crippen MR) is 60.8 cm³/mol. The normalized spacial score (nSPS) is 10.8. The van der Waals surface area contributed by atoms with E-state index in [9.17, 15) is 0 Å². The largest absolute Gasteiger partial charge is 0.360 e. The van der Waals surface area contributed by atoms with Crippen LogP contribution in [-0.2, 0) is 13.1 Å². The SMILES string of the molecule is Cc1cc(CNCc2ccc(C)s2)on1. The highest BCUT2D eigenvalue weighted by molar-refractivity contribution is 7.11. The van der Waals surface area contributed by atoms with Crippen LogP contribution >= 0.6 is 11.3 Å². The monoisotopic (exact) mass is 222 g/mol. The van der Waals surface area contributed by atoms with Gasteiger partial charge in [-0.1, -0.05) is 5.16 Å².